The number of nitrogens with two attached hydrogens (primary N) is 1. The monoisotopic (exact) mass is 233 g/mol. The summed E-state index contributed by atoms with van der Waals surface area (Å²) < 4.78 is 5.28. The number of carbonyl (C=O) groups excluding carboxylic acids is 1. The molecule has 2 N–H and O–H groups in total. The maximum atomic E-state index is 11.9. The van der Waals surface area contributed by atoms with Crippen LogP contribution in [0.5, 0.6) is 0 Å². The number of hydrogen-bond acceptors (Lipinski definition) is 3. The summed E-state index contributed by atoms with van der Waals surface area (Å²) in [6.45, 7) is 0.832. The predicted octanol–water partition coefficient (Wildman–Crippen LogP) is 2.07. The molecule has 0 spiro atoms. The van der Waals surface area contributed by atoms with Gasteiger partial charge in [-0.2, -0.15) is 0 Å². The largest absolute Gasteiger partial charge is 0.465 e. The smallest absolute Gasteiger partial charge is 0.314 e. The van der Waals surface area contributed by atoms with Crippen molar-refractivity contribution in [2.45, 2.75) is 25.2 Å². The normalized spacial score (nSPS) is 16.5. The van der Waals surface area contributed by atoms with Gasteiger partial charge < -0.3 is 10.5 Å². The lowest BCUT2D eigenvalue weighted by Crippen LogP contribution is -2.24. The fourth-order valence-electron chi connectivity index (χ4n) is 1.89. The molecule has 1 aliphatic rings. The van der Waals surface area contributed by atoms with Crippen LogP contribution in [0.4, 0.5) is 0 Å². The first-order valence-electron chi connectivity index (χ1n) is 6.23. The summed E-state index contributed by atoms with van der Waals surface area (Å²) in [7, 11) is 0. The molecule has 1 unspecified atom stereocenters. The third-order valence-electron chi connectivity index (χ3n) is 3.19. The van der Waals surface area contributed by atoms with Crippen LogP contribution in [0.3, 0.4) is 0 Å². The standard InChI is InChI=1S/C14H19NO2/c15-10-13(12-4-2-1-3-5-12)14(16)17-9-8-11-6-7-11/h1-5,11,13H,6-10,15H2. The quantitative estimate of drug-likeness (QED) is 0.765. The van der Waals surface area contributed by atoms with Crippen LogP contribution in [0, 0.1) is 5.92 Å². The topological polar surface area (TPSA) is 52.3 Å². The summed E-state index contributed by atoms with van der Waals surface area (Å²) >= 11 is 0. The van der Waals surface area contributed by atoms with Gasteiger partial charge in [0.1, 0.15) is 0 Å². The zero-order chi connectivity index (χ0) is 12.1. The van der Waals surface area contributed by atoms with Crippen molar-refractivity contribution in [1.82, 2.24) is 0 Å². The number of esters is 1. The van der Waals surface area contributed by atoms with Crippen LogP contribution in [0.2, 0.25) is 0 Å². The minimum Gasteiger partial charge on any atom is -0.465 e. The summed E-state index contributed by atoms with van der Waals surface area (Å²) in [4.78, 5) is 11.9. The van der Waals surface area contributed by atoms with E-state index in [-0.39, 0.29) is 11.9 Å². The van der Waals surface area contributed by atoms with Gasteiger partial charge in [-0.25, -0.2) is 0 Å². The Morgan fingerprint density at radius 3 is 2.65 bits per heavy atom. The van der Waals surface area contributed by atoms with Gasteiger partial charge in [0.05, 0.1) is 12.5 Å². The highest BCUT2D eigenvalue weighted by atomic mass is 16.5. The van der Waals surface area contributed by atoms with Gasteiger partial charge >= 0.3 is 5.97 Å². The van der Waals surface area contributed by atoms with Crippen molar-refractivity contribution >= 4 is 5.97 Å². The molecule has 2 rings (SSSR count). The Balaban J connectivity index is 1.85. The Kier molecular flexibility index (Phi) is 4.15. The molecule has 3 heteroatoms. The van der Waals surface area contributed by atoms with E-state index in [1.165, 1.54) is 12.8 Å². The van der Waals surface area contributed by atoms with Gasteiger partial charge in [0.2, 0.25) is 0 Å². The number of benzene rings is 1. The van der Waals surface area contributed by atoms with Gasteiger partial charge in [0.15, 0.2) is 0 Å². The summed E-state index contributed by atoms with van der Waals surface area (Å²) in [6, 6.07) is 9.58. The molecule has 3 nitrogen and oxygen atoms in total. The molecule has 0 bridgehead atoms. The number of ether oxygens (including phenoxy) is 1. The molecule has 0 aromatic heterocycles. The predicted molar refractivity (Wildman–Crippen MR) is 66.5 cm³/mol. The van der Waals surface area contributed by atoms with E-state index in [4.69, 9.17) is 10.5 Å². The van der Waals surface area contributed by atoms with Crippen LogP contribution >= 0.6 is 0 Å². The maximum absolute atomic E-state index is 11.9. The Morgan fingerprint density at radius 1 is 1.35 bits per heavy atom. The molecule has 1 atom stereocenters. The van der Waals surface area contributed by atoms with Gasteiger partial charge in [-0.05, 0) is 17.9 Å². The second kappa shape index (κ2) is 5.82. The minimum absolute atomic E-state index is 0.195. The zero-order valence-corrected chi connectivity index (χ0v) is 9.97. The Bertz CT molecular complexity index is 360. The average Bonchev–Trinajstić information content (AvgIpc) is 3.15. The minimum atomic E-state index is -0.324. The first-order valence-corrected chi connectivity index (χ1v) is 6.23. The van der Waals surface area contributed by atoms with E-state index >= 15 is 0 Å². The van der Waals surface area contributed by atoms with Crippen LogP contribution in [0.1, 0.15) is 30.7 Å². The molecule has 0 saturated heterocycles. The first-order chi connectivity index (χ1) is 8.31. The summed E-state index contributed by atoms with van der Waals surface area (Å²) in [5.74, 6) is 0.269. The van der Waals surface area contributed by atoms with Crippen molar-refractivity contribution in [3.8, 4) is 0 Å². The highest BCUT2D eigenvalue weighted by Crippen LogP contribution is 2.32. The fourth-order valence-corrected chi connectivity index (χ4v) is 1.89. The lowest BCUT2D eigenvalue weighted by Gasteiger charge is -2.14. The Hall–Kier alpha value is -1.35. The van der Waals surface area contributed by atoms with Crippen LogP contribution in [0.25, 0.3) is 0 Å². The van der Waals surface area contributed by atoms with E-state index in [9.17, 15) is 4.79 Å². The molecule has 1 aromatic rings. The summed E-state index contributed by atoms with van der Waals surface area (Å²) in [5, 5.41) is 0. The van der Waals surface area contributed by atoms with E-state index in [0.29, 0.717) is 13.2 Å². The molecule has 0 amide bonds. The van der Waals surface area contributed by atoms with Crippen molar-refractivity contribution in [1.29, 1.82) is 0 Å². The first kappa shape index (κ1) is 12.1. The number of hydrogen-bond donors (Lipinski definition) is 1. The van der Waals surface area contributed by atoms with Crippen LogP contribution in [0.15, 0.2) is 30.3 Å². The van der Waals surface area contributed by atoms with Crippen molar-refractivity contribution in [2.75, 3.05) is 13.2 Å². The van der Waals surface area contributed by atoms with Gasteiger partial charge in [-0.1, -0.05) is 43.2 Å². The maximum Gasteiger partial charge on any atom is 0.314 e. The molecule has 0 heterocycles. The molecule has 1 fully saturated rings. The van der Waals surface area contributed by atoms with E-state index in [1.54, 1.807) is 0 Å². The lowest BCUT2D eigenvalue weighted by atomic mass is 10.00. The van der Waals surface area contributed by atoms with E-state index in [2.05, 4.69) is 0 Å². The molecule has 1 saturated carbocycles. The second-order valence-electron chi connectivity index (χ2n) is 4.60. The Labute approximate surface area is 102 Å². The lowest BCUT2D eigenvalue weighted by molar-refractivity contribution is -0.145. The Morgan fingerprint density at radius 2 is 2.06 bits per heavy atom. The summed E-state index contributed by atoms with van der Waals surface area (Å²) in [6.07, 6.45) is 3.57. The number of carbonyl (C=O) groups is 1. The average molecular weight is 233 g/mol. The van der Waals surface area contributed by atoms with Gasteiger partial charge in [0.25, 0.3) is 0 Å². The van der Waals surface area contributed by atoms with Crippen molar-refractivity contribution in [2.24, 2.45) is 11.7 Å². The van der Waals surface area contributed by atoms with Crippen LogP contribution < -0.4 is 5.73 Å². The van der Waals surface area contributed by atoms with E-state index in [0.717, 1.165) is 17.9 Å². The third-order valence-corrected chi connectivity index (χ3v) is 3.19. The molecular weight excluding hydrogens is 214 g/mol. The number of rotatable bonds is 6. The van der Waals surface area contributed by atoms with Crippen molar-refractivity contribution in [3.63, 3.8) is 0 Å². The van der Waals surface area contributed by atoms with Gasteiger partial charge in [-0.15, -0.1) is 0 Å². The molecule has 17 heavy (non-hydrogen) atoms. The highest BCUT2D eigenvalue weighted by molar-refractivity contribution is 5.78. The SMILES string of the molecule is NCC(C(=O)OCCC1CC1)c1ccccc1. The zero-order valence-electron chi connectivity index (χ0n) is 9.97. The molecule has 0 aliphatic heterocycles. The van der Waals surface area contributed by atoms with E-state index in [1.807, 2.05) is 30.3 Å². The van der Waals surface area contributed by atoms with Crippen LogP contribution in [-0.2, 0) is 9.53 Å². The van der Waals surface area contributed by atoms with Crippen molar-refractivity contribution < 1.29 is 9.53 Å². The highest BCUT2D eigenvalue weighted by Gasteiger charge is 2.23. The molecule has 92 valence electrons. The van der Waals surface area contributed by atoms with Crippen LogP contribution in [-0.4, -0.2) is 19.1 Å². The molecule has 0 radical (unpaired) electrons. The summed E-state index contributed by atoms with van der Waals surface area (Å²) in [5.41, 5.74) is 6.59. The van der Waals surface area contributed by atoms with Crippen molar-refractivity contribution in [3.05, 3.63) is 35.9 Å². The van der Waals surface area contributed by atoms with E-state index < -0.39 is 0 Å². The molecular formula is C14H19NO2. The third kappa shape index (κ3) is 3.56. The van der Waals surface area contributed by atoms with Gasteiger partial charge in [0, 0.05) is 6.54 Å². The second-order valence-corrected chi connectivity index (χ2v) is 4.60. The molecule has 1 aliphatic carbocycles. The van der Waals surface area contributed by atoms with Gasteiger partial charge in [-0.3, -0.25) is 4.79 Å². The molecule has 1 aromatic carbocycles. The fraction of sp³-hybridized carbons (Fsp3) is 0.500.